The lowest BCUT2D eigenvalue weighted by Gasteiger charge is -2.36. The van der Waals surface area contributed by atoms with Gasteiger partial charge in [0.1, 0.15) is 8.07 Å². The number of hydrogen-bond acceptors (Lipinski definition) is 2. The van der Waals surface area contributed by atoms with Gasteiger partial charge in [0.25, 0.3) is 0 Å². The van der Waals surface area contributed by atoms with Crippen LogP contribution in [0.5, 0.6) is 0 Å². The van der Waals surface area contributed by atoms with E-state index < -0.39 is 8.07 Å². The van der Waals surface area contributed by atoms with Crippen LogP contribution in [0.3, 0.4) is 0 Å². The van der Waals surface area contributed by atoms with Crippen molar-refractivity contribution in [2.75, 3.05) is 14.1 Å². The number of aromatic nitrogens is 1. The fraction of sp³-hybridized carbons (Fsp3) is 0.643. The molecule has 0 N–H and O–H groups in total. The lowest BCUT2D eigenvalue weighted by atomic mass is 10.2. The van der Waals surface area contributed by atoms with Crippen molar-refractivity contribution in [2.45, 2.75) is 45.4 Å². The molecule has 1 rings (SSSR count). The van der Waals surface area contributed by atoms with Crippen molar-refractivity contribution in [1.82, 2.24) is 9.88 Å². The summed E-state index contributed by atoms with van der Waals surface area (Å²) in [4.78, 5) is 6.87. The monoisotopic (exact) mass is 250 g/mol. The minimum atomic E-state index is -1.47. The van der Waals surface area contributed by atoms with Gasteiger partial charge in [-0.15, -0.1) is 0 Å². The van der Waals surface area contributed by atoms with Crippen LogP contribution in [0.15, 0.2) is 18.3 Å². The molecule has 2 nitrogen and oxygen atoms in total. The van der Waals surface area contributed by atoms with Gasteiger partial charge in [-0.05, 0) is 30.8 Å². The van der Waals surface area contributed by atoms with Crippen molar-refractivity contribution in [1.29, 1.82) is 0 Å². The quantitative estimate of drug-likeness (QED) is 0.767. The average Bonchev–Trinajstić information content (AvgIpc) is 2.15. The van der Waals surface area contributed by atoms with Crippen molar-refractivity contribution >= 4 is 13.4 Å². The first-order chi connectivity index (χ1) is 7.64. The molecule has 0 amide bonds. The topological polar surface area (TPSA) is 16.1 Å². The Morgan fingerprint density at radius 1 is 1.18 bits per heavy atom. The maximum atomic E-state index is 4.70. The predicted octanol–water partition coefficient (Wildman–Crippen LogP) is 2.86. The highest BCUT2D eigenvalue weighted by molar-refractivity contribution is 6.91. The maximum absolute atomic E-state index is 4.70. The summed E-state index contributed by atoms with van der Waals surface area (Å²) in [6.07, 6.45) is 2.04. The van der Waals surface area contributed by atoms with E-state index in [0.29, 0.717) is 5.04 Å². The fourth-order valence-corrected chi connectivity index (χ4v) is 3.29. The van der Waals surface area contributed by atoms with E-state index in [-0.39, 0.29) is 0 Å². The molecule has 3 heteroatoms. The molecule has 0 spiro atoms. The number of rotatable bonds is 3. The minimum Gasteiger partial charge on any atom is -0.305 e. The van der Waals surface area contributed by atoms with Gasteiger partial charge in [-0.1, -0.05) is 39.9 Å². The molecule has 0 atom stereocenters. The van der Waals surface area contributed by atoms with Gasteiger partial charge >= 0.3 is 0 Å². The Hall–Kier alpha value is -0.673. The summed E-state index contributed by atoms with van der Waals surface area (Å²) in [6.45, 7) is 12.8. The Kier molecular flexibility index (Phi) is 4.15. The van der Waals surface area contributed by atoms with Gasteiger partial charge in [0, 0.05) is 18.1 Å². The Bertz CT molecular complexity index is 361. The third kappa shape index (κ3) is 3.39. The number of hydrogen-bond donors (Lipinski definition) is 0. The highest BCUT2D eigenvalue weighted by Gasteiger charge is 2.37. The van der Waals surface area contributed by atoms with E-state index in [9.17, 15) is 0 Å². The van der Waals surface area contributed by atoms with Crippen molar-refractivity contribution < 1.29 is 0 Å². The van der Waals surface area contributed by atoms with Gasteiger partial charge in [-0.3, -0.25) is 4.98 Å². The molecule has 1 aromatic rings. The van der Waals surface area contributed by atoms with Crippen LogP contribution in [-0.2, 0) is 6.54 Å². The molecule has 0 aliphatic carbocycles. The van der Waals surface area contributed by atoms with E-state index in [0.717, 1.165) is 6.54 Å². The van der Waals surface area contributed by atoms with Crippen LogP contribution in [-0.4, -0.2) is 32.1 Å². The van der Waals surface area contributed by atoms with Gasteiger partial charge in [0.05, 0.1) is 0 Å². The molecule has 0 saturated heterocycles. The van der Waals surface area contributed by atoms with Crippen molar-refractivity contribution in [3.63, 3.8) is 0 Å². The predicted molar refractivity (Wildman–Crippen MR) is 78.5 cm³/mol. The van der Waals surface area contributed by atoms with Gasteiger partial charge < -0.3 is 4.90 Å². The first kappa shape index (κ1) is 14.4. The van der Waals surface area contributed by atoms with E-state index in [4.69, 9.17) is 4.98 Å². The highest BCUT2D eigenvalue weighted by atomic mass is 28.3. The molecule has 0 bridgehead atoms. The molecule has 0 saturated carbocycles. The van der Waals surface area contributed by atoms with Gasteiger partial charge in [-0.25, -0.2) is 0 Å². The van der Waals surface area contributed by atoms with Gasteiger partial charge in [0.15, 0.2) is 0 Å². The van der Waals surface area contributed by atoms with E-state index >= 15 is 0 Å². The van der Waals surface area contributed by atoms with Crippen LogP contribution < -0.4 is 5.32 Å². The fourth-order valence-electron chi connectivity index (χ4n) is 1.64. The molecular weight excluding hydrogens is 224 g/mol. The maximum Gasteiger partial charge on any atom is 0.109 e. The standard InChI is InChI=1S/C14H26N2Si/c1-14(2,3)17(6,7)13-9-8-12(10-15-13)11-16(4)5/h8-10H,11H2,1-7H3. The first-order valence-corrected chi connectivity index (χ1v) is 9.25. The van der Waals surface area contributed by atoms with Crippen molar-refractivity contribution in [3.8, 4) is 0 Å². The molecule has 0 unspecified atom stereocenters. The summed E-state index contributed by atoms with van der Waals surface area (Å²) in [5, 5.41) is 1.66. The average molecular weight is 250 g/mol. The molecule has 0 aliphatic rings. The van der Waals surface area contributed by atoms with E-state index in [1.807, 2.05) is 6.20 Å². The summed E-state index contributed by atoms with van der Waals surface area (Å²) in [7, 11) is 2.70. The minimum absolute atomic E-state index is 0.350. The zero-order chi connectivity index (χ0) is 13.3. The van der Waals surface area contributed by atoms with Crippen LogP contribution in [0.1, 0.15) is 26.3 Å². The smallest absolute Gasteiger partial charge is 0.109 e. The van der Waals surface area contributed by atoms with Crippen LogP contribution >= 0.6 is 0 Å². The summed E-state index contributed by atoms with van der Waals surface area (Å²) in [5.74, 6) is 0. The van der Waals surface area contributed by atoms with Crippen LogP contribution in [0.4, 0.5) is 0 Å². The molecule has 1 heterocycles. The normalized spacial score (nSPS) is 13.2. The molecule has 17 heavy (non-hydrogen) atoms. The van der Waals surface area contributed by atoms with E-state index in [2.05, 4.69) is 65.0 Å². The summed E-state index contributed by atoms with van der Waals surface area (Å²) >= 11 is 0. The van der Waals surface area contributed by atoms with Crippen molar-refractivity contribution in [2.24, 2.45) is 0 Å². The number of pyridine rings is 1. The summed E-state index contributed by atoms with van der Waals surface area (Å²) in [6, 6.07) is 4.46. The Labute approximate surface area is 107 Å². The molecule has 0 radical (unpaired) electrons. The Balaban J connectivity index is 2.95. The van der Waals surface area contributed by atoms with E-state index in [1.165, 1.54) is 10.9 Å². The lowest BCUT2D eigenvalue weighted by Crippen LogP contribution is -2.50. The van der Waals surface area contributed by atoms with Gasteiger partial charge in [-0.2, -0.15) is 0 Å². The number of nitrogens with zero attached hydrogens (tertiary/aromatic N) is 2. The molecule has 0 aromatic carbocycles. The van der Waals surface area contributed by atoms with Crippen LogP contribution in [0.25, 0.3) is 0 Å². The van der Waals surface area contributed by atoms with Crippen LogP contribution in [0.2, 0.25) is 18.1 Å². The molecule has 0 fully saturated rings. The van der Waals surface area contributed by atoms with Crippen LogP contribution in [0, 0.1) is 0 Å². The van der Waals surface area contributed by atoms with Crippen molar-refractivity contribution in [3.05, 3.63) is 23.9 Å². The lowest BCUT2D eigenvalue weighted by molar-refractivity contribution is 0.402. The second kappa shape index (κ2) is 4.90. The molecule has 0 aliphatic heterocycles. The zero-order valence-electron chi connectivity index (χ0n) is 12.3. The molecule has 96 valence electrons. The second-order valence-electron chi connectivity index (χ2n) is 6.66. The summed E-state index contributed by atoms with van der Waals surface area (Å²) < 4.78 is 0. The SMILES string of the molecule is CN(C)Cc1ccc([Si](C)(C)C(C)(C)C)nc1. The molecular formula is C14H26N2Si. The Morgan fingerprint density at radius 3 is 2.12 bits per heavy atom. The highest BCUT2D eigenvalue weighted by Crippen LogP contribution is 2.34. The van der Waals surface area contributed by atoms with E-state index in [1.54, 1.807) is 0 Å². The zero-order valence-corrected chi connectivity index (χ0v) is 13.3. The first-order valence-electron chi connectivity index (χ1n) is 6.25. The van der Waals surface area contributed by atoms with Gasteiger partial charge in [0.2, 0.25) is 0 Å². The third-order valence-corrected chi connectivity index (χ3v) is 9.17. The largest absolute Gasteiger partial charge is 0.305 e. The summed E-state index contributed by atoms with van der Waals surface area (Å²) in [5.41, 5.74) is 1.29. The Morgan fingerprint density at radius 2 is 1.76 bits per heavy atom. The second-order valence-corrected chi connectivity index (χ2v) is 11.9. The molecule has 1 aromatic heterocycles. The third-order valence-electron chi connectivity index (χ3n) is 3.84.